The lowest BCUT2D eigenvalue weighted by atomic mass is 10.1. The number of anilines is 1. The summed E-state index contributed by atoms with van der Waals surface area (Å²) in [5.41, 5.74) is -0.566. The Morgan fingerprint density at radius 1 is 0.815 bits per heavy atom. The van der Waals surface area contributed by atoms with Gasteiger partial charge in [0.05, 0.1) is 7.11 Å². The van der Waals surface area contributed by atoms with Crippen LogP contribution in [0, 0.1) is 29.1 Å². The zero-order valence-electron chi connectivity index (χ0n) is 14.2. The number of rotatable bonds is 3. The van der Waals surface area contributed by atoms with Crippen molar-refractivity contribution in [3.63, 3.8) is 0 Å². The number of hydrogen-bond donors (Lipinski definition) is 0. The molecule has 1 amide bonds. The highest BCUT2D eigenvalue weighted by Crippen LogP contribution is 2.25. The van der Waals surface area contributed by atoms with E-state index < -0.39 is 40.6 Å². The smallest absolute Gasteiger partial charge is 0.260 e. The molecule has 2 aromatic carbocycles. The fourth-order valence-electron chi connectivity index (χ4n) is 2.91. The molecule has 1 saturated heterocycles. The third-order valence-corrected chi connectivity index (χ3v) is 4.43. The fraction of sp³-hybridized carbons (Fsp3) is 0.278. The first-order chi connectivity index (χ1) is 12.8. The van der Waals surface area contributed by atoms with E-state index >= 15 is 0 Å². The molecule has 0 aromatic heterocycles. The molecule has 0 N–H and O–H groups in total. The van der Waals surface area contributed by atoms with Crippen LogP contribution < -0.4 is 9.64 Å². The van der Waals surface area contributed by atoms with Crippen LogP contribution in [0.15, 0.2) is 24.3 Å². The van der Waals surface area contributed by atoms with Crippen LogP contribution >= 0.6 is 0 Å². The summed E-state index contributed by atoms with van der Waals surface area (Å²) in [6.45, 7) is 0.829. The van der Waals surface area contributed by atoms with Crippen LogP contribution in [0.4, 0.5) is 27.6 Å². The highest BCUT2D eigenvalue weighted by atomic mass is 19.2. The van der Waals surface area contributed by atoms with Gasteiger partial charge in [-0.05, 0) is 24.3 Å². The minimum atomic E-state index is -2.29. The van der Waals surface area contributed by atoms with E-state index in [1.54, 1.807) is 19.2 Å². The first-order valence-electron chi connectivity index (χ1n) is 8.04. The molecule has 27 heavy (non-hydrogen) atoms. The number of halogens is 5. The van der Waals surface area contributed by atoms with Gasteiger partial charge in [-0.1, -0.05) is 0 Å². The number of benzene rings is 2. The van der Waals surface area contributed by atoms with Crippen LogP contribution in [0.1, 0.15) is 10.4 Å². The molecule has 1 aliphatic heterocycles. The van der Waals surface area contributed by atoms with E-state index in [-0.39, 0.29) is 13.1 Å². The van der Waals surface area contributed by atoms with E-state index in [4.69, 9.17) is 4.74 Å². The zero-order chi connectivity index (χ0) is 19.7. The Morgan fingerprint density at radius 2 is 1.30 bits per heavy atom. The van der Waals surface area contributed by atoms with Gasteiger partial charge in [-0.3, -0.25) is 4.79 Å². The Kier molecular flexibility index (Phi) is 5.20. The third kappa shape index (κ3) is 3.41. The van der Waals surface area contributed by atoms with Crippen LogP contribution in [-0.2, 0) is 0 Å². The molecular formula is C18H15F5N2O2. The summed E-state index contributed by atoms with van der Waals surface area (Å²) < 4.78 is 72.5. The maximum absolute atomic E-state index is 13.8. The van der Waals surface area contributed by atoms with Crippen molar-refractivity contribution in [2.75, 3.05) is 38.2 Å². The quantitative estimate of drug-likeness (QED) is 0.461. The number of piperazine rings is 1. The van der Waals surface area contributed by atoms with E-state index in [1.807, 2.05) is 17.0 Å². The van der Waals surface area contributed by atoms with Gasteiger partial charge in [0.2, 0.25) is 5.82 Å². The lowest BCUT2D eigenvalue weighted by molar-refractivity contribution is 0.0733. The summed E-state index contributed by atoms with van der Waals surface area (Å²) in [5, 5.41) is 0. The first-order valence-corrected chi connectivity index (χ1v) is 8.04. The largest absolute Gasteiger partial charge is 0.497 e. The van der Waals surface area contributed by atoms with E-state index in [0.717, 1.165) is 10.6 Å². The molecular weight excluding hydrogens is 371 g/mol. The summed E-state index contributed by atoms with van der Waals surface area (Å²) in [6, 6.07) is 7.17. The van der Waals surface area contributed by atoms with E-state index in [9.17, 15) is 26.7 Å². The maximum atomic E-state index is 13.8. The van der Waals surface area contributed by atoms with E-state index in [2.05, 4.69) is 0 Å². The number of hydrogen-bond acceptors (Lipinski definition) is 3. The van der Waals surface area contributed by atoms with Gasteiger partial charge >= 0.3 is 0 Å². The van der Waals surface area contributed by atoms with Crippen LogP contribution in [0.2, 0.25) is 0 Å². The second kappa shape index (κ2) is 7.42. The van der Waals surface area contributed by atoms with Gasteiger partial charge in [-0.15, -0.1) is 0 Å². The minimum absolute atomic E-state index is 0.0738. The molecule has 1 aliphatic rings. The Labute approximate surface area is 151 Å². The van der Waals surface area contributed by atoms with Crippen molar-refractivity contribution < 1.29 is 31.5 Å². The zero-order valence-corrected chi connectivity index (χ0v) is 14.2. The predicted molar refractivity (Wildman–Crippen MR) is 87.3 cm³/mol. The number of nitrogens with zero attached hydrogens (tertiary/aromatic N) is 2. The van der Waals surface area contributed by atoms with Crippen LogP contribution in [-0.4, -0.2) is 44.1 Å². The molecule has 0 saturated carbocycles. The summed E-state index contributed by atoms with van der Waals surface area (Å²) in [4.78, 5) is 15.3. The monoisotopic (exact) mass is 386 g/mol. The highest BCUT2D eigenvalue weighted by molar-refractivity contribution is 5.95. The van der Waals surface area contributed by atoms with Crippen molar-refractivity contribution in [3.05, 3.63) is 58.9 Å². The summed E-state index contributed by atoms with van der Waals surface area (Å²) in [7, 11) is 1.54. The lowest BCUT2D eigenvalue weighted by Gasteiger charge is -2.36. The van der Waals surface area contributed by atoms with Crippen molar-refractivity contribution in [1.82, 2.24) is 4.90 Å². The predicted octanol–water partition coefficient (Wildman–Crippen LogP) is 3.35. The second-order valence-electron chi connectivity index (χ2n) is 5.92. The molecule has 1 heterocycles. The van der Waals surface area contributed by atoms with Gasteiger partial charge in [-0.25, -0.2) is 22.0 Å². The average Bonchev–Trinajstić information content (AvgIpc) is 2.71. The van der Waals surface area contributed by atoms with Crippen molar-refractivity contribution in [2.24, 2.45) is 0 Å². The van der Waals surface area contributed by atoms with Crippen LogP contribution in [0.3, 0.4) is 0 Å². The van der Waals surface area contributed by atoms with Crippen LogP contribution in [0.5, 0.6) is 5.75 Å². The number of carbonyl (C=O) groups excluding carboxylic acids is 1. The molecule has 0 aliphatic carbocycles. The Balaban J connectivity index is 1.75. The molecule has 2 aromatic rings. The van der Waals surface area contributed by atoms with E-state index in [1.165, 1.54) is 0 Å². The summed E-state index contributed by atoms with van der Waals surface area (Å²) >= 11 is 0. The standard InChI is InChI=1S/C18H15F5N2O2/c1-27-11-4-2-10(3-5-11)24-6-8-25(9-7-24)18(26)12-13(19)15(21)17(23)16(22)14(12)20/h2-5H,6-9H2,1H3. The van der Waals surface area contributed by atoms with Crippen molar-refractivity contribution >= 4 is 11.6 Å². The summed E-state index contributed by atoms with van der Waals surface area (Å²) in [5.74, 6) is -11.3. The van der Waals surface area contributed by atoms with Crippen molar-refractivity contribution in [2.45, 2.75) is 0 Å². The van der Waals surface area contributed by atoms with Gasteiger partial charge in [0, 0.05) is 31.9 Å². The Bertz CT molecular complexity index is 836. The van der Waals surface area contributed by atoms with Gasteiger partial charge in [0.15, 0.2) is 23.3 Å². The molecule has 1 fully saturated rings. The normalized spacial score (nSPS) is 14.4. The van der Waals surface area contributed by atoms with Gasteiger partial charge in [0.25, 0.3) is 5.91 Å². The first kappa shape index (κ1) is 18.9. The van der Waals surface area contributed by atoms with Crippen molar-refractivity contribution in [3.8, 4) is 5.75 Å². The molecule has 0 radical (unpaired) electrons. The number of amides is 1. The Hall–Kier alpha value is -2.84. The van der Waals surface area contributed by atoms with Crippen LogP contribution in [0.25, 0.3) is 0 Å². The SMILES string of the molecule is COc1ccc(N2CCN(C(=O)c3c(F)c(F)c(F)c(F)c3F)CC2)cc1. The molecule has 0 unspecified atom stereocenters. The number of methoxy groups -OCH3 is 1. The number of carbonyl (C=O) groups is 1. The third-order valence-electron chi connectivity index (χ3n) is 4.43. The average molecular weight is 386 g/mol. The maximum Gasteiger partial charge on any atom is 0.260 e. The highest BCUT2D eigenvalue weighted by Gasteiger charge is 2.33. The molecule has 0 atom stereocenters. The van der Waals surface area contributed by atoms with Gasteiger partial charge < -0.3 is 14.5 Å². The fourth-order valence-corrected chi connectivity index (χ4v) is 2.91. The van der Waals surface area contributed by atoms with Gasteiger partial charge in [-0.2, -0.15) is 0 Å². The number of ether oxygens (including phenoxy) is 1. The van der Waals surface area contributed by atoms with Crippen molar-refractivity contribution in [1.29, 1.82) is 0 Å². The summed E-state index contributed by atoms with van der Waals surface area (Å²) in [6.07, 6.45) is 0. The minimum Gasteiger partial charge on any atom is -0.497 e. The molecule has 0 bridgehead atoms. The topological polar surface area (TPSA) is 32.8 Å². The van der Waals surface area contributed by atoms with Gasteiger partial charge in [0.1, 0.15) is 11.3 Å². The molecule has 9 heteroatoms. The Morgan fingerprint density at radius 3 is 1.78 bits per heavy atom. The van der Waals surface area contributed by atoms with E-state index in [0.29, 0.717) is 18.8 Å². The molecule has 3 rings (SSSR count). The molecule has 4 nitrogen and oxygen atoms in total. The lowest BCUT2D eigenvalue weighted by Crippen LogP contribution is -2.49. The molecule has 0 spiro atoms. The second-order valence-corrected chi connectivity index (χ2v) is 5.92. The molecule has 144 valence electrons.